The van der Waals surface area contributed by atoms with E-state index in [9.17, 15) is 0 Å². The molecule has 0 unspecified atom stereocenters. The molecule has 0 radical (unpaired) electrons. The molecule has 0 amide bonds. The van der Waals surface area contributed by atoms with E-state index in [1.54, 1.807) is 12.5 Å². The van der Waals surface area contributed by atoms with Gasteiger partial charge >= 0.3 is 0 Å². The average molecular weight is 235 g/mol. The Balaban J connectivity index is 0.000000111. The van der Waals surface area contributed by atoms with Gasteiger partial charge < -0.3 is 9.40 Å². The molecule has 0 bridgehead atoms. The summed E-state index contributed by atoms with van der Waals surface area (Å²) in [6.45, 7) is 0. The average Bonchev–Trinajstić information content (AvgIpc) is 3.08. The lowest BCUT2D eigenvalue weighted by molar-refractivity contribution is 0.572. The van der Waals surface area contributed by atoms with Crippen LogP contribution in [0, 0.1) is 0 Å². The summed E-state index contributed by atoms with van der Waals surface area (Å²) >= 11 is 0. The monoisotopic (exact) mass is 235 g/mol. The number of H-pyrrole nitrogens is 1. The molecule has 18 heavy (non-hydrogen) atoms. The Morgan fingerprint density at radius 2 is 1.06 bits per heavy atom. The highest BCUT2D eigenvalue weighted by atomic mass is 16.3. The van der Waals surface area contributed by atoms with E-state index >= 15 is 0 Å². The first-order valence-corrected chi connectivity index (χ1v) is 5.86. The van der Waals surface area contributed by atoms with E-state index in [4.69, 9.17) is 4.42 Å². The SMILES string of the molecule is c1ccc2c[nH]cc2c1.c1ccc2cocc2c1. The molecule has 1 N–H and O–H groups in total. The van der Waals surface area contributed by atoms with Crippen LogP contribution in [0.2, 0.25) is 0 Å². The quantitative estimate of drug-likeness (QED) is 0.474. The summed E-state index contributed by atoms with van der Waals surface area (Å²) in [6, 6.07) is 16.3. The van der Waals surface area contributed by atoms with Gasteiger partial charge in [-0.2, -0.15) is 0 Å². The van der Waals surface area contributed by atoms with Gasteiger partial charge in [-0.25, -0.2) is 0 Å². The van der Waals surface area contributed by atoms with E-state index in [-0.39, 0.29) is 0 Å². The van der Waals surface area contributed by atoms with Crippen LogP contribution in [-0.2, 0) is 0 Å². The first-order valence-electron chi connectivity index (χ1n) is 5.86. The van der Waals surface area contributed by atoms with E-state index in [2.05, 4.69) is 17.1 Å². The van der Waals surface area contributed by atoms with Crippen molar-refractivity contribution in [2.24, 2.45) is 0 Å². The number of aromatic nitrogens is 1. The number of nitrogens with one attached hydrogen (secondary N) is 1. The van der Waals surface area contributed by atoms with E-state index < -0.39 is 0 Å². The largest absolute Gasteiger partial charge is 0.471 e. The highest BCUT2D eigenvalue weighted by Crippen LogP contribution is 2.12. The summed E-state index contributed by atoms with van der Waals surface area (Å²) in [7, 11) is 0. The lowest BCUT2D eigenvalue weighted by Gasteiger charge is -1.81. The van der Waals surface area contributed by atoms with Crippen LogP contribution in [0.15, 0.2) is 77.9 Å². The van der Waals surface area contributed by atoms with Crippen molar-refractivity contribution in [1.82, 2.24) is 4.98 Å². The predicted octanol–water partition coefficient (Wildman–Crippen LogP) is 4.60. The Morgan fingerprint density at radius 1 is 0.611 bits per heavy atom. The molecular formula is C16H13NO. The maximum absolute atomic E-state index is 4.96. The van der Waals surface area contributed by atoms with Gasteiger partial charge in [0.2, 0.25) is 0 Å². The maximum atomic E-state index is 4.96. The third-order valence-electron chi connectivity index (χ3n) is 2.86. The van der Waals surface area contributed by atoms with Gasteiger partial charge in [-0.15, -0.1) is 0 Å². The highest BCUT2D eigenvalue weighted by Gasteiger charge is 1.89. The maximum Gasteiger partial charge on any atom is 0.0981 e. The Morgan fingerprint density at radius 3 is 1.56 bits per heavy atom. The summed E-state index contributed by atoms with van der Waals surface area (Å²) in [5, 5.41) is 4.88. The number of hydrogen-bond donors (Lipinski definition) is 1. The van der Waals surface area contributed by atoms with Gasteiger partial charge in [0, 0.05) is 23.2 Å². The zero-order valence-corrected chi connectivity index (χ0v) is 9.84. The summed E-state index contributed by atoms with van der Waals surface area (Å²) in [5.74, 6) is 0. The van der Waals surface area contributed by atoms with Crippen LogP contribution in [0.1, 0.15) is 0 Å². The molecule has 0 aliphatic rings. The molecule has 2 aromatic heterocycles. The number of benzene rings is 2. The van der Waals surface area contributed by atoms with E-state index in [1.165, 1.54) is 10.8 Å². The topological polar surface area (TPSA) is 28.9 Å². The molecule has 2 aromatic carbocycles. The van der Waals surface area contributed by atoms with Crippen molar-refractivity contribution in [3.8, 4) is 0 Å². The van der Waals surface area contributed by atoms with Gasteiger partial charge in [0.1, 0.15) is 0 Å². The van der Waals surface area contributed by atoms with Gasteiger partial charge in [0.15, 0.2) is 0 Å². The number of hydrogen-bond acceptors (Lipinski definition) is 1. The van der Waals surface area contributed by atoms with Crippen LogP contribution < -0.4 is 0 Å². The zero-order valence-electron chi connectivity index (χ0n) is 9.84. The first kappa shape index (κ1) is 10.7. The Bertz CT molecular complexity index is 625. The number of aromatic amines is 1. The smallest absolute Gasteiger partial charge is 0.0981 e. The second-order valence-corrected chi connectivity index (χ2v) is 4.08. The molecule has 4 aromatic rings. The van der Waals surface area contributed by atoms with Crippen molar-refractivity contribution in [3.05, 3.63) is 73.5 Å². The van der Waals surface area contributed by atoms with E-state index in [0.29, 0.717) is 0 Å². The third kappa shape index (κ3) is 2.13. The molecule has 0 aliphatic carbocycles. The predicted molar refractivity (Wildman–Crippen MR) is 74.5 cm³/mol. The van der Waals surface area contributed by atoms with Crippen molar-refractivity contribution in [2.75, 3.05) is 0 Å². The van der Waals surface area contributed by atoms with Crippen LogP contribution in [0.3, 0.4) is 0 Å². The third-order valence-corrected chi connectivity index (χ3v) is 2.86. The van der Waals surface area contributed by atoms with E-state index in [0.717, 1.165) is 10.8 Å². The minimum absolute atomic E-state index is 1.16. The van der Waals surface area contributed by atoms with E-state index in [1.807, 2.05) is 48.8 Å². The molecule has 4 rings (SSSR count). The fraction of sp³-hybridized carbons (Fsp3) is 0. The van der Waals surface area contributed by atoms with Crippen molar-refractivity contribution in [3.63, 3.8) is 0 Å². The van der Waals surface area contributed by atoms with Crippen LogP contribution in [0.4, 0.5) is 0 Å². The minimum atomic E-state index is 1.16. The van der Waals surface area contributed by atoms with Crippen molar-refractivity contribution in [2.45, 2.75) is 0 Å². The Hall–Kier alpha value is -2.48. The standard InChI is InChI=1S/C8H7N.C8H6O/c2*1-2-4-8-6-9-5-7(8)3-1/h1-6,9H;1-6H. The molecule has 0 aliphatic heterocycles. The molecule has 2 nitrogen and oxygen atoms in total. The van der Waals surface area contributed by atoms with Gasteiger partial charge in [-0.05, 0) is 10.8 Å². The van der Waals surface area contributed by atoms with Gasteiger partial charge in [0.25, 0.3) is 0 Å². The van der Waals surface area contributed by atoms with Gasteiger partial charge in [-0.1, -0.05) is 48.5 Å². The second-order valence-electron chi connectivity index (χ2n) is 4.08. The number of rotatable bonds is 0. The molecule has 0 saturated carbocycles. The summed E-state index contributed by atoms with van der Waals surface area (Å²) < 4.78 is 4.96. The normalized spacial score (nSPS) is 10.2. The molecule has 0 spiro atoms. The fourth-order valence-corrected chi connectivity index (χ4v) is 1.90. The first-order chi connectivity index (χ1) is 8.93. The molecule has 2 heterocycles. The summed E-state index contributed by atoms with van der Waals surface area (Å²) in [5.41, 5.74) is 0. The summed E-state index contributed by atoms with van der Waals surface area (Å²) in [4.78, 5) is 3.04. The fourth-order valence-electron chi connectivity index (χ4n) is 1.90. The van der Waals surface area contributed by atoms with Crippen molar-refractivity contribution >= 4 is 21.5 Å². The summed E-state index contributed by atoms with van der Waals surface area (Å²) in [6.07, 6.45) is 7.48. The minimum Gasteiger partial charge on any atom is -0.471 e. The van der Waals surface area contributed by atoms with Gasteiger partial charge in [0.05, 0.1) is 12.5 Å². The second kappa shape index (κ2) is 4.80. The van der Waals surface area contributed by atoms with Crippen molar-refractivity contribution < 1.29 is 4.42 Å². The highest BCUT2D eigenvalue weighted by molar-refractivity contribution is 5.81. The van der Waals surface area contributed by atoms with Crippen LogP contribution >= 0.6 is 0 Å². The Labute approximate surface area is 105 Å². The van der Waals surface area contributed by atoms with Gasteiger partial charge in [-0.3, -0.25) is 0 Å². The molecule has 0 saturated heterocycles. The lowest BCUT2D eigenvalue weighted by atomic mass is 10.2. The molecule has 0 atom stereocenters. The Kier molecular flexibility index (Phi) is 2.84. The molecule has 2 heteroatoms. The van der Waals surface area contributed by atoms with Crippen LogP contribution in [0.5, 0.6) is 0 Å². The van der Waals surface area contributed by atoms with Crippen molar-refractivity contribution in [1.29, 1.82) is 0 Å². The number of furan rings is 1. The molecular weight excluding hydrogens is 222 g/mol. The lowest BCUT2D eigenvalue weighted by Crippen LogP contribution is -1.57. The number of fused-ring (bicyclic) bond motifs is 2. The van der Waals surface area contributed by atoms with Crippen LogP contribution in [-0.4, -0.2) is 4.98 Å². The molecule has 88 valence electrons. The zero-order chi connectivity index (χ0) is 12.2. The molecule has 0 fully saturated rings. The van der Waals surface area contributed by atoms with Crippen LogP contribution in [0.25, 0.3) is 21.5 Å².